The third-order valence-corrected chi connectivity index (χ3v) is 3.27. The first kappa shape index (κ1) is 11.3. The van der Waals surface area contributed by atoms with Crippen molar-refractivity contribution in [3.8, 4) is 0 Å². The van der Waals surface area contributed by atoms with Crippen LogP contribution in [0.2, 0.25) is 0 Å². The highest BCUT2D eigenvalue weighted by atomic mass is 32.1. The van der Waals surface area contributed by atoms with Crippen LogP contribution in [0.25, 0.3) is 10.2 Å². The van der Waals surface area contributed by atoms with Crippen molar-refractivity contribution in [2.45, 2.75) is 33.1 Å². The molecule has 86 valence electrons. The van der Waals surface area contributed by atoms with Gasteiger partial charge in [0.05, 0.1) is 5.39 Å². The molecule has 16 heavy (non-hydrogen) atoms. The molecule has 0 bridgehead atoms. The molecule has 3 N–H and O–H groups in total. The third-order valence-electron chi connectivity index (χ3n) is 2.32. The van der Waals surface area contributed by atoms with Crippen LogP contribution in [0.1, 0.15) is 31.5 Å². The fourth-order valence-corrected chi connectivity index (χ4v) is 2.37. The van der Waals surface area contributed by atoms with E-state index >= 15 is 0 Å². The van der Waals surface area contributed by atoms with Crippen molar-refractivity contribution in [3.63, 3.8) is 0 Å². The van der Waals surface area contributed by atoms with Gasteiger partial charge in [-0.05, 0) is 13.0 Å². The number of fused-ring (bicyclic) bond motifs is 1. The molecule has 0 saturated carbocycles. The molecule has 4 nitrogen and oxygen atoms in total. The van der Waals surface area contributed by atoms with Crippen molar-refractivity contribution in [2.24, 2.45) is 5.84 Å². The molecule has 2 aromatic rings. The van der Waals surface area contributed by atoms with Gasteiger partial charge in [0.15, 0.2) is 5.82 Å². The van der Waals surface area contributed by atoms with Crippen molar-refractivity contribution in [3.05, 3.63) is 16.8 Å². The zero-order chi connectivity index (χ0) is 11.9. The Morgan fingerprint density at radius 2 is 2.00 bits per heavy atom. The number of hydrogen-bond acceptors (Lipinski definition) is 5. The fourth-order valence-electron chi connectivity index (χ4n) is 1.49. The van der Waals surface area contributed by atoms with Gasteiger partial charge in [0.2, 0.25) is 0 Å². The van der Waals surface area contributed by atoms with E-state index in [0.717, 1.165) is 16.0 Å². The Kier molecular flexibility index (Phi) is 2.59. The van der Waals surface area contributed by atoms with E-state index < -0.39 is 0 Å². The Bertz CT molecular complexity index is 524. The fraction of sp³-hybridized carbons (Fsp3) is 0.455. The molecule has 0 aromatic carbocycles. The second-order valence-corrected chi connectivity index (χ2v) is 6.10. The van der Waals surface area contributed by atoms with E-state index in [1.807, 2.05) is 0 Å². The molecule has 0 aliphatic rings. The largest absolute Gasteiger partial charge is 0.308 e. The Hall–Kier alpha value is -1.20. The molecule has 0 amide bonds. The first-order valence-corrected chi connectivity index (χ1v) is 5.99. The molecular weight excluding hydrogens is 220 g/mol. The highest BCUT2D eigenvalue weighted by molar-refractivity contribution is 7.18. The number of aromatic nitrogens is 2. The summed E-state index contributed by atoms with van der Waals surface area (Å²) >= 11 is 1.67. The lowest BCUT2D eigenvalue weighted by molar-refractivity contribution is 0.549. The van der Waals surface area contributed by atoms with E-state index in [-0.39, 0.29) is 5.41 Å². The Balaban J connectivity index is 2.72. The van der Waals surface area contributed by atoms with Gasteiger partial charge in [0.1, 0.15) is 10.7 Å². The first-order chi connectivity index (χ1) is 7.41. The number of nitrogens with one attached hydrogen (secondary N) is 1. The zero-order valence-electron chi connectivity index (χ0n) is 9.96. The van der Waals surface area contributed by atoms with Crippen LogP contribution in [0.3, 0.4) is 0 Å². The Morgan fingerprint density at radius 1 is 1.31 bits per heavy atom. The lowest BCUT2D eigenvalue weighted by Gasteiger charge is -2.17. The highest BCUT2D eigenvalue weighted by Crippen LogP contribution is 2.30. The Morgan fingerprint density at radius 3 is 2.56 bits per heavy atom. The standard InChI is InChI=1S/C11H16N4S/c1-6-5-7-8(15-12)13-10(11(2,3)4)14-9(7)16-6/h5H,12H2,1-4H3,(H,13,14,15). The molecule has 0 aliphatic heterocycles. The lowest BCUT2D eigenvalue weighted by atomic mass is 9.96. The smallest absolute Gasteiger partial charge is 0.152 e. The second kappa shape index (κ2) is 3.68. The predicted octanol–water partition coefficient (Wildman–Crippen LogP) is 2.58. The number of thiophene rings is 1. The van der Waals surface area contributed by atoms with Crippen LogP contribution < -0.4 is 11.3 Å². The summed E-state index contributed by atoms with van der Waals surface area (Å²) in [6.07, 6.45) is 0. The van der Waals surface area contributed by atoms with Gasteiger partial charge in [-0.1, -0.05) is 20.8 Å². The molecular formula is C11H16N4S. The van der Waals surface area contributed by atoms with Crippen molar-refractivity contribution in [1.82, 2.24) is 9.97 Å². The topological polar surface area (TPSA) is 63.8 Å². The average molecular weight is 236 g/mol. The molecule has 0 aliphatic carbocycles. The first-order valence-electron chi connectivity index (χ1n) is 5.17. The minimum absolute atomic E-state index is 0.0717. The van der Waals surface area contributed by atoms with Gasteiger partial charge >= 0.3 is 0 Å². The highest BCUT2D eigenvalue weighted by Gasteiger charge is 2.20. The molecule has 2 rings (SSSR count). The van der Waals surface area contributed by atoms with E-state index in [2.05, 4.69) is 49.2 Å². The number of hydrazine groups is 1. The molecule has 2 heterocycles. The zero-order valence-corrected chi connectivity index (χ0v) is 10.8. The minimum atomic E-state index is -0.0717. The van der Waals surface area contributed by atoms with Crippen LogP contribution in [0.5, 0.6) is 0 Å². The number of anilines is 1. The van der Waals surface area contributed by atoms with Gasteiger partial charge in [-0.3, -0.25) is 0 Å². The van der Waals surface area contributed by atoms with E-state index in [0.29, 0.717) is 5.82 Å². The van der Waals surface area contributed by atoms with Crippen molar-refractivity contribution >= 4 is 27.4 Å². The summed E-state index contributed by atoms with van der Waals surface area (Å²) in [7, 11) is 0. The SMILES string of the molecule is Cc1cc2c(NN)nc(C(C)(C)C)nc2s1. The maximum Gasteiger partial charge on any atom is 0.152 e. The van der Waals surface area contributed by atoms with Gasteiger partial charge < -0.3 is 5.43 Å². The number of hydrogen-bond donors (Lipinski definition) is 2. The van der Waals surface area contributed by atoms with Crippen LogP contribution in [0.4, 0.5) is 5.82 Å². The summed E-state index contributed by atoms with van der Waals surface area (Å²) < 4.78 is 0. The normalized spacial score (nSPS) is 12.1. The van der Waals surface area contributed by atoms with E-state index in [9.17, 15) is 0 Å². The van der Waals surface area contributed by atoms with Crippen molar-refractivity contribution < 1.29 is 0 Å². The summed E-state index contributed by atoms with van der Waals surface area (Å²) in [5.41, 5.74) is 2.58. The number of nitrogens with zero attached hydrogens (tertiary/aromatic N) is 2. The average Bonchev–Trinajstić information content (AvgIpc) is 2.54. The van der Waals surface area contributed by atoms with Crippen LogP contribution in [0, 0.1) is 6.92 Å². The van der Waals surface area contributed by atoms with Gasteiger partial charge in [-0.15, -0.1) is 11.3 Å². The molecule has 0 saturated heterocycles. The summed E-state index contributed by atoms with van der Waals surface area (Å²) in [6.45, 7) is 8.34. The molecule has 5 heteroatoms. The molecule has 0 atom stereocenters. The van der Waals surface area contributed by atoms with Gasteiger partial charge in [0.25, 0.3) is 0 Å². The molecule has 0 fully saturated rings. The minimum Gasteiger partial charge on any atom is -0.308 e. The van der Waals surface area contributed by atoms with E-state index in [1.54, 1.807) is 11.3 Å². The number of rotatable bonds is 1. The van der Waals surface area contributed by atoms with Gasteiger partial charge in [0, 0.05) is 10.3 Å². The van der Waals surface area contributed by atoms with Crippen LogP contribution in [0.15, 0.2) is 6.07 Å². The third kappa shape index (κ3) is 1.88. The second-order valence-electron chi connectivity index (χ2n) is 4.87. The lowest BCUT2D eigenvalue weighted by Crippen LogP contribution is -2.18. The number of aryl methyl sites for hydroxylation is 1. The van der Waals surface area contributed by atoms with E-state index in [4.69, 9.17) is 5.84 Å². The van der Waals surface area contributed by atoms with Crippen LogP contribution in [-0.4, -0.2) is 9.97 Å². The Labute approximate surface area is 98.9 Å². The quantitative estimate of drug-likeness (QED) is 0.590. The van der Waals surface area contributed by atoms with Crippen molar-refractivity contribution in [1.29, 1.82) is 0 Å². The van der Waals surface area contributed by atoms with Crippen LogP contribution >= 0.6 is 11.3 Å². The summed E-state index contributed by atoms with van der Waals surface area (Å²) in [4.78, 5) is 11.3. The maximum atomic E-state index is 5.50. The van der Waals surface area contributed by atoms with Gasteiger partial charge in [-0.25, -0.2) is 15.8 Å². The number of nitrogen functional groups attached to an aromatic ring is 1. The van der Waals surface area contributed by atoms with Crippen LogP contribution in [-0.2, 0) is 5.41 Å². The molecule has 0 unspecified atom stereocenters. The summed E-state index contributed by atoms with van der Waals surface area (Å²) in [6, 6.07) is 2.06. The van der Waals surface area contributed by atoms with E-state index in [1.165, 1.54) is 4.88 Å². The molecule has 0 spiro atoms. The number of nitrogens with two attached hydrogens (primary N) is 1. The maximum absolute atomic E-state index is 5.50. The molecule has 0 radical (unpaired) electrons. The summed E-state index contributed by atoms with van der Waals surface area (Å²) in [5.74, 6) is 7.02. The molecule has 2 aromatic heterocycles. The van der Waals surface area contributed by atoms with Crippen molar-refractivity contribution in [2.75, 3.05) is 5.43 Å². The summed E-state index contributed by atoms with van der Waals surface area (Å²) in [5, 5.41) is 0.998. The monoisotopic (exact) mass is 236 g/mol. The predicted molar refractivity (Wildman–Crippen MR) is 68.7 cm³/mol. The van der Waals surface area contributed by atoms with Gasteiger partial charge in [-0.2, -0.15) is 0 Å².